The molecule has 0 saturated carbocycles. The summed E-state index contributed by atoms with van der Waals surface area (Å²) in [5.74, 6) is -0.312. The van der Waals surface area contributed by atoms with Gasteiger partial charge in [-0.3, -0.25) is 0 Å². The zero-order chi connectivity index (χ0) is 37.5. The van der Waals surface area contributed by atoms with Crippen molar-refractivity contribution in [2.45, 2.75) is 67.1 Å². The fraction of sp³-hybridized carbons (Fsp3) is 0.314. The first-order chi connectivity index (χ1) is 23.9. The quantitative estimate of drug-likeness (QED) is 0.0634. The molecule has 4 rings (SSSR count). The van der Waals surface area contributed by atoms with Crippen LogP contribution in [0.3, 0.4) is 0 Å². The van der Waals surface area contributed by atoms with Crippen molar-refractivity contribution in [1.82, 2.24) is 0 Å². The number of ether oxygens (including phenoxy) is 2. The molecule has 0 aliphatic heterocycles. The van der Waals surface area contributed by atoms with Crippen LogP contribution in [0.5, 0.6) is 23.0 Å². The van der Waals surface area contributed by atoms with Gasteiger partial charge < -0.3 is 17.8 Å². The lowest BCUT2D eigenvalue weighted by Gasteiger charge is -2.38. The van der Waals surface area contributed by atoms with Crippen LogP contribution in [0.1, 0.15) is 50.7 Å². The summed E-state index contributed by atoms with van der Waals surface area (Å²) in [6, 6.07) is 14.8. The lowest BCUT2D eigenvalue weighted by atomic mass is 9.73. The minimum atomic E-state index is -5.98. The number of hydrogen-bond donors (Lipinski definition) is 0. The van der Waals surface area contributed by atoms with Crippen LogP contribution in [0.2, 0.25) is 0 Å². The maximum absolute atomic E-state index is 14.7. The van der Waals surface area contributed by atoms with Crippen molar-refractivity contribution in [3.05, 3.63) is 108 Å². The summed E-state index contributed by atoms with van der Waals surface area (Å²) >= 11 is 0. The molecule has 0 atom stereocenters. The molecule has 0 N–H and O–H groups in total. The second-order valence-electron chi connectivity index (χ2n) is 11.2. The Morgan fingerprint density at radius 3 is 1.04 bits per heavy atom. The summed E-state index contributed by atoms with van der Waals surface area (Å²) in [5.41, 5.74) is -7.22. The fourth-order valence-corrected chi connectivity index (χ4v) is 6.79. The van der Waals surface area contributed by atoms with Gasteiger partial charge in [-0.25, -0.2) is 0 Å². The number of benzene rings is 4. The van der Waals surface area contributed by atoms with Gasteiger partial charge in [0.2, 0.25) is 5.41 Å². The molecule has 8 nitrogen and oxygen atoms in total. The van der Waals surface area contributed by atoms with E-state index in [1.807, 2.05) is 13.8 Å². The molecule has 51 heavy (non-hydrogen) atoms. The normalized spacial score (nSPS) is 12.7. The zero-order valence-electron chi connectivity index (χ0n) is 27.3. The molecule has 276 valence electrons. The van der Waals surface area contributed by atoms with Gasteiger partial charge in [0, 0.05) is 0 Å². The van der Waals surface area contributed by atoms with E-state index in [0.29, 0.717) is 73.2 Å². The first-order valence-electron chi connectivity index (χ1n) is 15.6. The first-order valence-corrected chi connectivity index (χ1v) is 18.5. The van der Waals surface area contributed by atoms with Crippen molar-refractivity contribution in [2.24, 2.45) is 0 Å². The minimum Gasteiger partial charge on any atom is -0.494 e. The minimum absolute atomic E-state index is 0.327. The van der Waals surface area contributed by atoms with Gasteiger partial charge in [0.15, 0.2) is 0 Å². The van der Waals surface area contributed by atoms with Crippen molar-refractivity contribution >= 4 is 20.2 Å². The molecule has 0 fully saturated rings. The monoisotopic (exact) mass is 760 g/mol. The van der Waals surface area contributed by atoms with E-state index >= 15 is 0 Å². The maximum atomic E-state index is 14.7. The highest BCUT2D eigenvalue weighted by atomic mass is 32.2. The molecule has 0 aromatic heterocycles. The van der Waals surface area contributed by atoms with Crippen LogP contribution in [0.15, 0.2) is 107 Å². The Bertz CT molecular complexity index is 1800. The van der Waals surface area contributed by atoms with Crippen LogP contribution in [0.25, 0.3) is 0 Å². The predicted molar refractivity (Wildman–Crippen MR) is 175 cm³/mol. The number of halogens is 6. The van der Waals surface area contributed by atoms with Crippen molar-refractivity contribution in [3.8, 4) is 23.0 Å². The van der Waals surface area contributed by atoms with Gasteiger partial charge in [-0.2, -0.15) is 43.2 Å². The smallest absolute Gasteiger partial charge is 0.411 e. The second kappa shape index (κ2) is 15.8. The molecule has 16 heteroatoms. The van der Waals surface area contributed by atoms with Gasteiger partial charge in [0.1, 0.15) is 32.8 Å². The zero-order valence-corrected chi connectivity index (χ0v) is 29.0. The Kier molecular flexibility index (Phi) is 12.2. The molecular weight excluding hydrogens is 726 g/mol. The second-order valence-corrected chi connectivity index (χ2v) is 14.3. The third-order valence-electron chi connectivity index (χ3n) is 7.59. The third kappa shape index (κ3) is 9.08. The number of unbranched alkanes of at least 4 members (excludes halogenated alkanes) is 2. The molecule has 0 spiro atoms. The van der Waals surface area contributed by atoms with Gasteiger partial charge >= 0.3 is 32.6 Å². The van der Waals surface area contributed by atoms with Gasteiger partial charge in [0.05, 0.1) is 13.2 Å². The average molecular weight is 761 g/mol. The molecule has 0 unspecified atom stereocenters. The number of hydrogen-bond acceptors (Lipinski definition) is 8. The van der Waals surface area contributed by atoms with E-state index in [1.165, 1.54) is 48.5 Å². The average Bonchev–Trinajstić information content (AvgIpc) is 3.06. The topological polar surface area (TPSA) is 105 Å². The van der Waals surface area contributed by atoms with Crippen molar-refractivity contribution in [1.29, 1.82) is 0 Å². The van der Waals surface area contributed by atoms with Gasteiger partial charge in [-0.1, -0.05) is 51.0 Å². The van der Waals surface area contributed by atoms with E-state index in [-0.39, 0.29) is 9.79 Å². The predicted octanol–water partition coefficient (Wildman–Crippen LogP) is 8.99. The Balaban J connectivity index is 1.59. The lowest BCUT2D eigenvalue weighted by molar-refractivity contribution is -0.288. The highest BCUT2D eigenvalue weighted by Crippen LogP contribution is 2.56. The maximum Gasteiger partial charge on any atom is 0.411 e. The first kappa shape index (κ1) is 39.3. The Labute approximate surface area is 292 Å². The third-order valence-corrected chi connectivity index (χ3v) is 10.1. The van der Waals surface area contributed by atoms with Crippen LogP contribution >= 0.6 is 0 Å². The van der Waals surface area contributed by atoms with Gasteiger partial charge in [-0.05, 0) is 96.8 Å². The summed E-state index contributed by atoms with van der Waals surface area (Å²) < 4.78 is 160. The van der Waals surface area contributed by atoms with E-state index in [1.54, 1.807) is 0 Å². The molecule has 4 aromatic carbocycles. The van der Waals surface area contributed by atoms with Crippen LogP contribution in [0.4, 0.5) is 26.3 Å². The summed E-state index contributed by atoms with van der Waals surface area (Å²) in [5, 5.41) is 0. The van der Waals surface area contributed by atoms with Crippen molar-refractivity contribution in [3.63, 3.8) is 0 Å². The van der Waals surface area contributed by atoms with E-state index in [4.69, 9.17) is 17.8 Å². The van der Waals surface area contributed by atoms with Crippen molar-refractivity contribution in [2.75, 3.05) is 13.2 Å². The standard InChI is InChI=1S/C35H34F6O8S2/c1-3-5-23-46-27-15-19-31(20-16-27)50(42,43)48-29-11-7-25(8-12-29)33(34(36,37)38,35(39,40)41)26-9-13-30(14-10-26)49-51(44,45)32-21-17-28(18-22-32)47-24-6-4-2/h7-22H,3-6,23-24H2,1-2H3. The molecule has 0 amide bonds. The summed E-state index contributed by atoms with van der Waals surface area (Å²) in [7, 11) is -9.06. The highest BCUT2D eigenvalue weighted by Gasteiger charge is 2.72. The van der Waals surface area contributed by atoms with Crippen LogP contribution < -0.4 is 17.8 Å². The molecule has 4 aromatic rings. The Morgan fingerprint density at radius 1 is 0.471 bits per heavy atom. The number of alkyl halides is 6. The largest absolute Gasteiger partial charge is 0.494 e. The number of rotatable bonds is 16. The fourth-order valence-electron chi connectivity index (χ4n) is 4.93. The molecule has 0 aliphatic carbocycles. The molecule has 0 aliphatic rings. The van der Waals surface area contributed by atoms with Crippen LogP contribution in [-0.4, -0.2) is 42.4 Å². The van der Waals surface area contributed by atoms with Gasteiger partial charge in [0.25, 0.3) is 0 Å². The highest BCUT2D eigenvalue weighted by molar-refractivity contribution is 7.87. The van der Waals surface area contributed by atoms with Crippen molar-refractivity contribution < 1.29 is 61.0 Å². The van der Waals surface area contributed by atoms with Crippen LogP contribution in [0, 0.1) is 0 Å². The summed E-state index contributed by atoms with van der Waals surface area (Å²) in [6.07, 6.45) is -8.64. The molecule has 0 radical (unpaired) electrons. The van der Waals surface area contributed by atoms with E-state index < -0.39 is 60.6 Å². The Hall–Kier alpha value is -4.44. The lowest BCUT2D eigenvalue weighted by Crippen LogP contribution is -2.54. The summed E-state index contributed by atoms with van der Waals surface area (Å²) in [4.78, 5) is -0.653. The van der Waals surface area contributed by atoms with E-state index in [9.17, 15) is 43.2 Å². The van der Waals surface area contributed by atoms with Crippen LogP contribution in [-0.2, 0) is 25.7 Å². The van der Waals surface area contributed by atoms with E-state index in [2.05, 4.69) is 0 Å². The van der Waals surface area contributed by atoms with E-state index in [0.717, 1.165) is 25.7 Å². The Morgan fingerprint density at radius 2 is 0.765 bits per heavy atom. The summed E-state index contributed by atoms with van der Waals surface area (Å²) in [6.45, 7) is 4.75. The molecular formula is C35H34F6O8S2. The van der Waals surface area contributed by atoms with Gasteiger partial charge in [-0.15, -0.1) is 0 Å². The molecule has 0 saturated heterocycles. The molecule has 0 bridgehead atoms. The SMILES string of the molecule is CCCCOc1ccc(S(=O)(=O)Oc2ccc(C(c3ccc(OS(=O)(=O)c4ccc(OCCCC)cc4)cc3)(C(F)(F)F)C(F)(F)F)cc2)cc1. The molecule has 0 heterocycles.